The second-order valence-electron chi connectivity index (χ2n) is 6.46. The SMILES string of the molecule is C[C@H]1CCCC[C@H]1NC(=O)NC(=O)Cn1c(-c2ccccn2)noc1=O. The standard InChI is InChI=1S/C17H21N5O4/c1-11-6-2-3-7-12(11)19-16(24)20-14(23)10-22-15(21-26-17(22)25)13-8-4-5-9-18-13/h4-5,8-9,11-12H,2-3,6-7,10H2,1H3,(H2,19,20,23,24)/t11-,12+/m0/s1. The lowest BCUT2D eigenvalue weighted by Crippen LogP contribution is -2.48. The molecule has 3 amide bonds. The Bertz CT molecular complexity index is 829. The summed E-state index contributed by atoms with van der Waals surface area (Å²) >= 11 is 0. The molecule has 2 aromatic heterocycles. The Kier molecular flexibility index (Phi) is 5.45. The number of aromatic nitrogens is 3. The highest BCUT2D eigenvalue weighted by Crippen LogP contribution is 2.23. The molecule has 0 unspecified atom stereocenters. The van der Waals surface area contributed by atoms with Gasteiger partial charge in [0.15, 0.2) is 0 Å². The molecule has 2 N–H and O–H groups in total. The summed E-state index contributed by atoms with van der Waals surface area (Å²) in [5.74, 6) is -0.913. The van der Waals surface area contributed by atoms with Crippen molar-refractivity contribution in [3.05, 3.63) is 34.9 Å². The molecular formula is C17H21N5O4. The van der Waals surface area contributed by atoms with Crippen LogP contribution in [0.1, 0.15) is 32.6 Å². The summed E-state index contributed by atoms with van der Waals surface area (Å²) in [6, 6.07) is 4.58. The highest BCUT2D eigenvalue weighted by Gasteiger charge is 2.24. The van der Waals surface area contributed by atoms with E-state index in [1.54, 1.807) is 18.2 Å². The molecule has 1 aliphatic rings. The van der Waals surface area contributed by atoms with Crippen molar-refractivity contribution in [2.24, 2.45) is 5.92 Å². The second kappa shape index (κ2) is 7.94. The van der Waals surface area contributed by atoms with Crippen molar-refractivity contribution < 1.29 is 14.1 Å². The van der Waals surface area contributed by atoms with E-state index in [-0.39, 0.29) is 18.4 Å². The molecule has 0 aromatic carbocycles. The minimum atomic E-state index is -0.790. The zero-order valence-electron chi connectivity index (χ0n) is 14.5. The third-order valence-electron chi connectivity index (χ3n) is 4.56. The molecule has 9 heteroatoms. The quantitative estimate of drug-likeness (QED) is 0.849. The van der Waals surface area contributed by atoms with Crippen molar-refractivity contribution in [3.63, 3.8) is 0 Å². The summed E-state index contributed by atoms with van der Waals surface area (Å²) in [5, 5.41) is 8.74. The Balaban J connectivity index is 1.63. The Morgan fingerprint density at radius 3 is 2.85 bits per heavy atom. The molecular weight excluding hydrogens is 338 g/mol. The number of carbonyl (C=O) groups excluding carboxylic acids is 2. The fourth-order valence-corrected chi connectivity index (χ4v) is 3.13. The number of hydrogen-bond donors (Lipinski definition) is 2. The average molecular weight is 359 g/mol. The van der Waals surface area contributed by atoms with Crippen molar-refractivity contribution in [1.29, 1.82) is 0 Å². The number of nitrogens with zero attached hydrogens (tertiary/aromatic N) is 3. The van der Waals surface area contributed by atoms with Crippen LogP contribution in [-0.4, -0.2) is 32.7 Å². The molecule has 138 valence electrons. The van der Waals surface area contributed by atoms with Gasteiger partial charge < -0.3 is 5.32 Å². The number of nitrogens with one attached hydrogen (secondary N) is 2. The molecule has 2 heterocycles. The molecule has 1 saturated carbocycles. The minimum Gasteiger partial charge on any atom is -0.335 e. The van der Waals surface area contributed by atoms with Crippen molar-refractivity contribution in [2.45, 2.75) is 45.2 Å². The van der Waals surface area contributed by atoms with Crippen molar-refractivity contribution in [2.75, 3.05) is 0 Å². The maximum atomic E-state index is 12.2. The lowest BCUT2D eigenvalue weighted by molar-refractivity contribution is -0.120. The first-order valence-corrected chi connectivity index (χ1v) is 8.63. The zero-order valence-corrected chi connectivity index (χ0v) is 14.5. The van der Waals surface area contributed by atoms with Gasteiger partial charge in [-0.2, -0.15) is 0 Å². The Hall–Kier alpha value is -2.97. The van der Waals surface area contributed by atoms with Gasteiger partial charge in [-0.15, -0.1) is 0 Å². The Morgan fingerprint density at radius 1 is 1.31 bits per heavy atom. The van der Waals surface area contributed by atoms with E-state index in [4.69, 9.17) is 0 Å². The van der Waals surface area contributed by atoms with Crippen molar-refractivity contribution >= 4 is 11.9 Å². The van der Waals surface area contributed by atoms with Crippen LogP contribution in [0, 0.1) is 5.92 Å². The smallest absolute Gasteiger partial charge is 0.335 e. The van der Waals surface area contributed by atoms with Gasteiger partial charge in [0.25, 0.3) is 0 Å². The number of pyridine rings is 1. The third-order valence-corrected chi connectivity index (χ3v) is 4.56. The van der Waals surface area contributed by atoms with Gasteiger partial charge >= 0.3 is 11.8 Å². The van der Waals surface area contributed by atoms with Crippen LogP contribution in [0.4, 0.5) is 4.79 Å². The maximum absolute atomic E-state index is 12.2. The molecule has 9 nitrogen and oxygen atoms in total. The summed E-state index contributed by atoms with van der Waals surface area (Å²) in [6.45, 7) is 1.70. The monoisotopic (exact) mass is 359 g/mol. The molecule has 2 atom stereocenters. The van der Waals surface area contributed by atoms with E-state index in [0.717, 1.165) is 30.3 Å². The Labute approximate surface area is 149 Å². The van der Waals surface area contributed by atoms with E-state index >= 15 is 0 Å². The van der Waals surface area contributed by atoms with Crippen LogP contribution in [0.15, 0.2) is 33.7 Å². The van der Waals surface area contributed by atoms with Crippen LogP contribution < -0.4 is 16.4 Å². The van der Waals surface area contributed by atoms with Gasteiger partial charge in [-0.1, -0.05) is 31.0 Å². The van der Waals surface area contributed by atoms with Gasteiger partial charge in [-0.3, -0.25) is 19.6 Å². The van der Waals surface area contributed by atoms with Gasteiger partial charge in [-0.05, 0) is 30.9 Å². The molecule has 0 radical (unpaired) electrons. The van der Waals surface area contributed by atoms with Gasteiger partial charge in [-0.25, -0.2) is 14.2 Å². The first kappa shape index (κ1) is 17.8. The largest absolute Gasteiger partial charge is 0.442 e. The molecule has 3 rings (SSSR count). The number of imide groups is 1. The number of carbonyl (C=O) groups is 2. The summed E-state index contributed by atoms with van der Waals surface area (Å²) < 4.78 is 5.66. The lowest BCUT2D eigenvalue weighted by Gasteiger charge is -2.29. The minimum absolute atomic E-state index is 0.0546. The maximum Gasteiger partial charge on any atom is 0.442 e. The molecule has 26 heavy (non-hydrogen) atoms. The highest BCUT2D eigenvalue weighted by molar-refractivity contribution is 5.94. The van der Waals surface area contributed by atoms with E-state index in [1.807, 2.05) is 0 Å². The first-order valence-electron chi connectivity index (χ1n) is 8.63. The molecule has 0 saturated heterocycles. The van der Waals surface area contributed by atoms with E-state index in [0.29, 0.717) is 11.6 Å². The second-order valence-corrected chi connectivity index (χ2v) is 6.46. The fraction of sp³-hybridized carbons (Fsp3) is 0.471. The van der Waals surface area contributed by atoms with E-state index in [9.17, 15) is 14.4 Å². The molecule has 1 fully saturated rings. The number of urea groups is 1. The van der Waals surface area contributed by atoms with E-state index < -0.39 is 17.7 Å². The predicted octanol–water partition coefficient (Wildman–Crippen LogP) is 1.30. The zero-order chi connectivity index (χ0) is 18.5. The van der Waals surface area contributed by atoms with E-state index in [1.165, 1.54) is 6.20 Å². The topological polar surface area (TPSA) is 119 Å². The average Bonchev–Trinajstić information content (AvgIpc) is 2.98. The summed E-state index contributed by atoms with van der Waals surface area (Å²) in [4.78, 5) is 40.1. The lowest BCUT2D eigenvalue weighted by atomic mass is 9.86. The van der Waals surface area contributed by atoms with Crippen LogP contribution in [0.3, 0.4) is 0 Å². The van der Waals surface area contributed by atoms with Crippen LogP contribution in [0.25, 0.3) is 11.5 Å². The summed E-state index contributed by atoms with van der Waals surface area (Å²) in [5.41, 5.74) is 0.395. The van der Waals surface area contributed by atoms with Gasteiger partial charge in [0.05, 0.1) is 0 Å². The predicted molar refractivity (Wildman–Crippen MR) is 92.1 cm³/mol. The normalized spacial score (nSPS) is 19.7. The summed E-state index contributed by atoms with van der Waals surface area (Å²) in [7, 11) is 0. The number of rotatable bonds is 4. The molecule has 0 spiro atoms. The first-order chi connectivity index (χ1) is 12.5. The Morgan fingerprint density at radius 2 is 2.12 bits per heavy atom. The molecule has 2 aromatic rings. The van der Waals surface area contributed by atoms with Gasteiger partial charge in [0.1, 0.15) is 12.2 Å². The van der Waals surface area contributed by atoms with Crippen molar-refractivity contribution in [1.82, 2.24) is 25.3 Å². The number of amides is 3. The third kappa shape index (κ3) is 4.16. The molecule has 1 aliphatic carbocycles. The van der Waals surface area contributed by atoms with Crippen LogP contribution in [0.2, 0.25) is 0 Å². The molecule has 0 aliphatic heterocycles. The summed E-state index contributed by atoms with van der Waals surface area (Å²) in [6.07, 6.45) is 5.72. The van der Waals surface area contributed by atoms with Crippen LogP contribution >= 0.6 is 0 Å². The van der Waals surface area contributed by atoms with Crippen LogP contribution in [0.5, 0.6) is 0 Å². The van der Waals surface area contributed by atoms with E-state index in [2.05, 4.69) is 32.2 Å². The molecule has 0 bridgehead atoms. The van der Waals surface area contributed by atoms with Crippen molar-refractivity contribution in [3.8, 4) is 11.5 Å². The van der Waals surface area contributed by atoms with Gasteiger partial charge in [0.2, 0.25) is 11.7 Å². The number of hydrogen-bond acceptors (Lipinski definition) is 6. The fourth-order valence-electron chi connectivity index (χ4n) is 3.13. The highest BCUT2D eigenvalue weighted by atomic mass is 16.5. The van der Waals surface area contributed by atoms with Gasteiger partial charge in [0, 0.05) is 12.2 Å². The van der Waals surface area contributed by atoms with Crippen LogP contribution in [-0.2, 0) is 11.3 Å².